The Labute approximate surface area is 69.4 Å². The SMILES string of the molecule is CNc1ncc(Cl)c(C)c1F. The topological polar surface area (TPSA) is 24.9 Å². The highest BCUT2D eigenvalue weighted by atomic mass is 35.5. The van der Waals surface area contributed by atoms with E-state index in [-0.39, 0.29) is 11.6 Å². The molecule has 4 heteroatoms. The molecule has 11 heavy (non-hydrogen) atoms. The van der Waals surface area contributed by atoms with Crippen LogP contribution in [0.25, 0.3) is 0 Å². The maximum atomic E-state index is 13.1. The molecule has 0 amide bonds. The predicted molar refractivity (Wildman–Crippen MR) is 43.5 cm³/mol. The molecule has 0 aromatic carbocycles. The highest BCUT2D eigenvalue weighted by Gasteiger charge is 2.07. The van der Waals surface area contributed by atoms with Gasteiger partial charge in [-0.3, -0.25) is 0 Å². The van der Waals surface area contributed by atoms with E-state index < -0.39 is 0 Å². The molecular weight excluding hydrogens is 167 g/mol. The Morgan fingerprint density at radius 2 is 2.27 bits per heavy atom. The number of pyridine rings is 1. The molecule has 0 aliphatic rings. The van der Waals surface area contributed by atoms with E-state index in [0.717, 1.165) is 0 Å². The number of aromatic nitrogens is 1. The van der Waals surface area contributed by atoms with Crippen LogP contribution in [0, 0.1) is 12.7 Å². The lowest BCUT2D eigenvalue weighted by Gasteiger charge is -2.03. The van der Waals surface area contributed by atoms with Gasteiger partial charge in [0.25, 0.3) is 0 Å². The second-order valence-corrected chi connectivity index (χ2v) is 2.55. The second-order valence-electron chi connectivity index (χ2n) is 2.14. The maximum absolute atomic E-state index is 13.1. The molecule has 0 radical (unpaired) electrons. The largest absolute Gasteiger partial charge is 0.371 e. The van der Waals surface area contributed by atoms with Crippen molar-refractivity contribution >= 4 is 17.4 Å². The lowest BCUT2D eigenvalue weighted by molar-refractivity contribution is 0.616. The lowest BCUT2D eigenvalue weighted by Crippen LogP contribution is -1.98. The van der Waals surface area contributed by atoms with Crippen molar-refractivity contribution in [3.63, 3.8) is 0 Å². The van der Waals surface area contributed by atoms with Gasteiger partial charge in [0, 0.05) is 18.8 Å². The summed E-state index contributed by atoms with van der Waals surface area (Å²) in [4.78, 5) is 3.74. The Bertz CT molecular complexity index is 275. The molecule has 1 aromatic heterocycles. The molecule has 0 saturated heterocycles. The van der Waals surface area contributed by atoms with Gasteiger partial charge in [-0.2, -0.15) is 0 Å². The van der Waals surface area contributed by atoms with Gasteiger partial charge in [-0.1, -0.05) is 11.6 Å². The molecule has 60 valence electrons. The Hall–Kier alpha value is -0.830. The third kappa shape index (κ3) is 1.43. The molecule has 2 nitrogen and oxygen atoms in total. The molecule has 0 aliphatic carbocycles. The van der Waals surface area contributed by atoms with E-state index in [2.05, 4.69) is 10.3 Å². The van der Waals surface area contributed by atoms with Gasteiger partial charge in [0.05, 0.1) is 5.02 Å². The summed E-state index contributed by atoms with van der Waals surface area (Å²) in [5.41, 5.74) is 0.422. The number of anilines is 1. The van der Waals surface area contributed by atoms with Crippen LogP contribution < -0.4 is 5.32 Å². The van der Waals surface area contributed by atoms with Gasteiger partial charge in [0.1, 0.15) is 0 Å². The molecule has 1 rings (SSSR count). The first-order valence-electron chi connectivity index (χ1n) is 3.15. The molecular formula is C7H8ClFN2. The summed E-state index contributed by atoms with van der Waals surface area (Å²) < 4.78 is 13.1. The highest BCUT2D eigenvalue weighted by molar-refractivity contribution is 6.31. The predicted octanol–water partition coefficient (Wildman–Crippen LogP) is 2.22. The van der Waals surface area contributed by atoms with Gasteiger partial charge in [0.15, 0.2) is 11.6 Å². The van der Waals surface area contributed by atoms with Crippen LogP contribution in [0.2, 0.25) is 5.02 Å². The minimum atomic E-state index is -0.389. The van der Waals surface area contributed by atoms with E-state index >= 15 is 0 Å². The number of nitrogens with zero attached hydrogens (tertiary/aromatic N) is 1. The monoisotopic (exact) mass is 174 g/mol. The average Bonchev–Trinajstić information content (AvgIpc) is 2.01. The summed E-state index contributed by atoms with van der Waals surface area (Å²) in [5.74, 6) is -0.160. The molecule has 0 spiro atoms. The number of halogens is 2. The summed E-state index contributed by atoms with van der Waals surface area (Å²) in [7, 11) is 1.61. The van der Waals surface area contributed by atoms with Crippen molar-refractivity contribution in [1.29, 1.82) is 0 Å². The van der Waals surface area contributed by atoms with E-state index in [1.54, 1.807) is 14.0 Å². The van der Waals surface area contributed by atoms with E-state index in [9.17, 15) is 4.39 Å². The molecule has 1 heterocycles. The van der Waals surface area contributed by atoms with Crippen LogP contribution in [0.3, 0.4) is 0 Å². The summed E-state index contributed by atoms with van der Waals surface area (Å²) in [6.07, 6.45) is 1.42. The Morgan fingerprint density at radius 3 is 2.82 bits per heavy atom. The average molecular weight is 175 g/mol. The maximum Gasteiger partial charge on any atom is 0.169 e. The van der Waals surface area contributed by atoms with Gasteiger partial charge in [-0.15, -0.1) is 0 Å². The molecule has 0 bridgehead atoms. The molecule has 1 N–H and O–H groups in total. The lowest BCUT2D eigenvalue weighted by atomic mass is 10.3. The molecule has 0 saturated carbocycles. The zero-order valence-corrected chi connectivity index (χ0v) is 7.04. The quantitative estimate of drug-likeness (QED) is 0.706. The van der Waals surface area contributed by atoms with Crippen LogP contribution in [0.4, 0.5) is 10.2 Å². The van der Waals surface area contributed by atoms with Crippen LogP contribution >= 0.6 is 11.6 Å². The molecule has 0 atom stereocenters. The van der Waals surface area contributed by atoms with Crippen molar-refractivity contribution in [2.75, 3.05) is 12.4 Å². The Balaban J connectivity index is 3.25. The van der Waals surface area contributed by atoms with Crippen LogP contribution in [0.5, 0.6) is 0 Å². The van der Waals surface area contributed by atoms with Crippen LogP contribution in [0.15, 0.2) is 6.20 Å². The zero-order valence-electron chi connectivity index (χ0n) is 6.28. The number of hydrogen-bond donors (Lipinski definition) is 1. The number of nitrogens with one attached hydrogen (secondary N) is 1. The first-order chi connectivity index (χ1) is 5.16. The van der Waals surface area contributed by atoms with Crippen LogP contribution in [-0.4, -0.2) is 12.0 Å². The molecule has 0 aliphatic heterocycles. The first-order valence-corrected chi connectivity index (χ1v) is 3.53. The van der Waals surface area contributed by atoms with Gasteiger partial charge >= 0.3 is 0 Å². The fourth-order valence-corrected chi connectivity index (χ4v) is 0.863. The number of rotatable bonds is 1. The van der Waals surface area contributed by atoms with Gasteiger partial charge in [-0.25, -0.2) is 9.37 Å². The third-order valence-electron chi connectivity index (χ3n) is 1.44. The van der Waals surface area contributed by atoms with Crippen LogP contribution in [-0.2, 0) is 0 Å². The Morgan fingerprint density at radius 1 is 1.64 bits per heavy atom. The van der Waals surface area contributed by atoms with Crippen molar-refractivity contribution in [1.82, 2.24) is 4.98 Å². The molecule has 1 aromatic rings. The summed E-state index contributed by atoms with van der Waals surface area (Å²) in [6.45, 7) is 1.61. The van der Waals surface area contributed by atoms with Crippen molar-refractivity contribution in [3.05, 3.63) is 22.6 Å². The summed E-state index contributed by atoms with van der Waals surface area (Å²) in [6, 6.07) is 0. The second kappa shape index (κ2) is 3.05. The van der Waals surface area contributed by atoms with E-state index in [0.29, 0.717) is 10.6 Å². The minimum Gasteiger partial charge on any atom is -0.371 e. The minimum absolute atomic E-state index is 0.229. The van der Waals surface area contributed by atoms with Crippen molar-refractivity contribution in [2.24, 2.45) is 0 Å². The normalized spacial score (nSPS) is 9.82. The fraction of sp³-hybridized carbons (Fsp3) is 0.286. The van der Waals surface area contributed by atoms with E-state index in [1.807, 2.05) is 0 Å². The van der Waals surface area contributed by atoms with E-state index in [4.69, 9.17) is 11.6 Å². The third-order valence-corrected chi connectivity index (χ3v) is 1.82. The molecule has 0 unspecified atom stereocenters. The Kier molecular flexibility index (Phi) is 2.29. The van der Waals surface area contributed by atoms with Crippen LogP contribution in [0.1, 0.15) is 5.56 Å². The fourth-order valence-electron chi connectivity index (χ4n) is 0.731. The molecule has 0 fully saturated rings. The standard InChI is InChI=1S/C7H8ClFN2/c1-4-5(8)3-11-7(10-2)6(4)9/h3H,1-2H3,(H,10,11). The van der Waals surface area contributed by atoms with Crippen molar-refractivity contribution < 1.29 is 4.39 Å². The van der Waals surface area contributed by atoms with Gasteiger partial charge < -0.3 is 5.32 Å². The van der Waals surface area contributed by atoms with Crippen molar-refractivity contribution in [2.45, 2.75) is 6.92 Å². The smallest absolute Gasteiger partial charge is 0.169 e. The van der Waals surface area contributed by atoms with Crippen molar-refractivity contribution in [3.8, 4) is 0 Å². The van der Waals surface area contributed by atoms with Gasteiger partial charge in [0.2, 0.25) is 0 Å². The van der Waals surface area contributed by atoms with E-state index in [1.165, 1.54) is 6.20 Å². The number of hydrogen-bond acceptors (Lipinski definition) is 2. The summed E-state index contributed by atoms with van der Waals surface area (Å²) >= 11 is 5.61. The zero-order chi connectivity index (χ0) is 8.43. The first kappa shape index (κ1) is 8.27. The van der Waals surface area contributed by atoms with Gasteiger partial charge in [-0.05, 0) is 6.92 Å². The summed E-state index contributed by atoms with van der Waals surface area (Å²) in [5, 5.41) is 2.97. The highest BCUT2D eigenvalue weighted by Crippen LogP contribution is 2.21.